The van der Waals surface area contributed by atoms with Crippen LogP contribution < -0.4 is 5.56 Å². The number of aromatic nitrogens is 2. The number of nitrogens with one attached hydrogen (secondary N) is 1. The molecule has 4 rings (SSSR count). The number of carbonyl (C=O) groups excluding carboxylic acids is 1. The number of hydrogen-bond acceptors (Lipinski definition) is 4. The average molecular weight is 327 g/mol. The van der Waals surface area contributed by atoms with E-state index in [0.29, 0.717) is 18.7 Å². The summed E-state index contributed by atoms with van der Waals surface area (Å²) in [5.74, 6) is 0.253. The lowest BCUT2D eigenvalue weighted by atomic mass is 9.93. The summed E-state index contributed by atoms with van der Waals surface area (Å²) in [7, 11) is 0. The third-order valence-electron chi connectivity index (χ3n) is 5.00. The predicted molar refractivity (Wildman–Crippen MR) is 89.9 cm³/mol. The second kappa shape index (κ2) is 6.36. The van der Waals surface area contributed by atoms with Crippen LogP contribution in [-0.4, -0.2) is 46.6 Å². The van der Waals surface area contributed by atoms with Gasteiger partial charge in [0.1, 0.15) is 11.6 Å². The van der Waals surface area contributed by atoms with Crippen LogP contribution in [0.25, 0.3) is 10.9 Å². The molecule has 2 aliphatic heterocycles. The Hall–Kier alpha value is -2.21. The number of hydrogen-bond donors (Lipinski definition) is 1. The molecule has 0 aromatic carbocycles. The maximum Gasteiger partial charge on any atom is 0.274 e. The molecular formula is C18H21N3O3. The fraction of sp³-hybridized carbons (Fsp3) is 0.500. The zero-order chi connectivity index (χ0) is 16.5. The molecule has 0 radical (unpaired) electrons. The molecule has 1 N–H and O–H groups in total. The normalized spacial score (nSPS) is 24.4. The van der Waals surface area contributed by atoms with Gasteiger partial charge in [0.2, 0.25) is 0 Å². The van der Waals surface area contributed by atoms with E-state index in [1.165, 1.54) is 0 Å². The van der Waals surface area contributed by atoms with Gasteiger partial charge in [0.25, 0.3) is 11.5 Å². The second-order valence-corrected chi connectivity index (χ2v) is 6.62. The summed E-state index contributed by atoms with van der Waals surface area (Å²) in [6.07, 6.45) is 5.04. The summed E-state index contributed by atoms with van der Waals surface area (Å²) < 4.78 is 5.53. The highest BCUT2D eigenvalue weighted by Gasteiger charge is 2.32. The Bertz CT molecular complexity index is 811. The van der Waals surface area contributed by atoms with Gasteiger partial charge in [0.05, 0.1) is 0 Å². The van der Waals surface area contributed by atoms with Gasteiger partial charge in [-0.25, -0.2) is 0 Å². The van der Waals surface area contributed by atoms with Crippen LogP contribution in [0.3, 0.4) is 0 Å². The lowest BCUT2D eigenvalue weighted by Gasteiger charge is -2.34. The number of H-pyrrole nitrogens is 1. The lowest BCUT2D eigenvalue weighted by Crippen LogP contribution is -2.44. The molecule has 0 bridgehead atoms. The Morgan fingerprint density at radius 3 is 3.08 bits per heavy atom. The first-order chi connectivity index (χ1) is 11.7. The van der Waals surface area contributed by atoms with Crippen molar-refractivity contribution in [2.24, 2.45) is 0 Å². The van der Waals surface area contributed by atoms with Gasteiger partial charge >= 0.3 is 0 Å². The molecular weight excluding hydrogens is 306 g/mol. The van der Waals surface area contributed by atoms with Crippen molar-refractivity contribution in [3.8, 4) is 0 Å². The summed E-state index contributed by atoms with van der Waals surface area (Å²) in [6.45, 7) is 2.09. The maximum absolute atomic E-state index is 12.6. The van der Waals surface area contributed by atoms with Gasteiger partial charge in [0, 0.05) is 42.9 Å². The molecule has 0 saturated carbocycles. The summed E-state index contributed by atoms with van der Waals surface area (Å²) in [5, 5.41) is 0.846. The highest BCUT2D eigenvalue weighted by atomic mass is 16.5. The van der Waals surface area contributed by atoms with E-state index >= 15 is 0 Å². The number of ether oxygens (including phenoxy) is 1. The quantitative estimate of drug-likeness (QED) is 0.913. The highest BCUT2D eigenvalue weighted by Crippen LogP contribution is 2.28. The van der Waals surface area contributed by atoms with Crippen molar-refractivity contribution in [2.75, 3.05) is 19.7 Å². The van der Waals surface area contributed by atoms with Crippen LogP contribution >= 0.6 is 0 Å². The van der Waals surface area contributed by atoms with Crippen LogP contribution in [0.15, 0.2) is 29.2 Å². The SMILES string of the molecule is O=C([C@@H]1CCCO1)N1CCC[C@@H](c2cc3cccnc3c(=O)[nH]2)C1. The summed E-state index contributed by atoms with van der Waals surface area (Å²) in [5.41, 5.74) is 1.19. The Morgan fingerprint density at radius 2 is 2.25 bits per heavy atom. The zero-order valence-electron chi connectivity index (χ0n) is 13.5. The molecule has 2 fully saturated rings. The standard InChI is InChI=1S/C18H21N3O3/c22-17-16-12(4-1-7-19-16)10-14(20-17)13-5-2-8-21(11-13)18(23)15-6-3-9-24-15/h1,4,7,10,13,15H,2-3,5-6,8-9,11H2,(H,20,22)/t13-,15+/m1/s1. The molecule has 6 nitrogen and oxygen atoms in total. The Balaban J connectivity index is 1.57. The van der Waals surface area contributed by atoms with Crippen molar-refractivity contribution in [3.05, 3.63) is 40.4 Å². The number of rotatable bonds is 2. The molecule has 2 saturated heterocycles. The molecule has 1 amide bonds. The number of carbonyl (C=O) groups is 1. The summed E-state index contributed by atoms with van der Waals surface area (Å²) in [6, 6.07) is 5.73. The number of fused-ring (bicyclic) bond motifs is 1. The van der Waals surface area contributed by atoms with E-state index in [2.05, 4.69) is 9.97 Å². The van der Waals surface area contributed by atoms with E-state index < -0.39 is 0 Å². The van der Waals surface area contributed by atoms with Crippen LogP contribution in [-0.2, 0) is 9.53 Å². The second-order valence-electron chi connectivity index (χ2n) is 6.62. The average Bonchev–Trinajstić information content (AvgIpc) is 3.16. The molecule has 6 heteroatoms. The molecule has 24 heavy (non-hydrogen) atoms. The minimum atomic E-state index is -0.274. The fourth-order valence-electron chi connectivity index (χ4n) is 3.74. The largest absolute Gasteiger partial charge is 0.368 e. The van der Waals surface area contributed by atoms with Crippen molar-refractivity contribution < 1.29 is 9.53 Å². The molecule has 4 heterocycles. The van der Waals surface area contributed by atoms with Gasteiger partial charge in [-0.15, -0.1) is 0 Å². The lowest BCUT2D eigenvalue weighted by molar-refractivity contribution is -0.142. The number of aromatic amines is 1. The molecule has 2 aliphatic rings. The predicted octanol–water partition coefficient (Wildman–Crippen LogP) is 1.81. The maximum atomic E-state index is 12.6. The fourth-order valence-corrected chi connectivity index (χ4v) is 3.74. The van der Waals surface area contributed by atoms with Crippen molar-refractivity contribution >= 4 is 16.8 Å². The first-order valence-electron chi connectivity index (χ1n) is 8.61. The minimum absolute atomic E-state index is 0.0991. The smallest absolute Gasteiger partial charge is 0.274 e. The molecule has 2 aromatic heterocycles. The minimum Gasteiger partial charge on any atom is -0.368 e. The number of piperidine rings is 1. The van der Waals surface area contributed by atoms with E-state index in [9.17, 15) is 9.59 Å². The van der Waals surface area contributed by atoms with E-state index in [1.807, 2.05) is 23.1 Å². The van der Waals surface area contributed by atoms with Crippen LogP contribution in [0.4, 0.5) is 0 Å². The van der Waals surface area contributed by atoms with Crippen LogP contribution in [0, 0.1) is 0 Å². The number of pyridine rings is 2. The van der Waals surface area contributed by atoms with E-state index in [1.54, 1.807) is 6.20 Å². The molecule has 0 unspecified atom stereocenters. The highest BCUT2D eigenvalue weighted by molar-refractivity contribution is 5.81. The van der Waals surface area contributed by atoms with Gasteiger partial charge < -0.3 is 14.6 Å². The van der Waals surface area contributed by atoms with Crippen LogP contribution in [0.5, 0.6) is 0 Å². The van der Waals surface area contributed by atoms with Gasteiger partial charge in [0.15, 0.2) is 0 Å². The summed E-state index contributed by atoms with van der Waals surface area (Å²) >= 11 is 0. The monoisotopic (exact) mass is 327 g/mol. The van der Waals surface area contributed by atoms with Crippen molar-refractivity contribution in [2.45, 2.75) is 37.7 Å². The van der Waals surface area contributed by atoms with Crippen molar-refractivity contribution in [1.29, 1.82) is 0 Å². The van der Waals surface area contributed by atoms with E-state index in [0.717, 1.165) is 43.3 Å². The van der Waals surface area contributed by atoms with Crippen molar-refractivity contribution in [1.82, 2.24) is 14.9 Å². The number of likely N-dealkylation sites (tertiary alicyclic amines) is 1. The molecule has 0 spiro atoms. The van der Waals surface area contributed by atoms with Gasteiger partial charge in [-0.1, -0.05) is 6.07 Å². The molecule has 0 aliphatic carbocycles. The first kappa shape index (κ1) is 15.3. The van der Waals surface area contributed by atoms with Gasteiger partial charge in [-0.3, -0.25) is 14.6 Å². The van der Waals surface area contributed by atoms with Gasteiger partial charge in [-0.05, 0) is 37.8 Å². The number of nitrogens with zero attached hydrogens (tertiary/aromatic N) is 2. The summed E-state index contributed by atoms with van der Waals surface area (Å²) in [4.78, 5) is 33.8. The molecule has 2 atom stereocenters. The Morgan fingerprint density at radius 1 is 1.33 bits per heavy atom. The number of amides is 1. The van der Waals surface area contributed by atoms with Crippen LogP contribution in [0.2, 0.25) is 0 Å². The van der Waals surface area contributed by atoms with Gasteiger partial charge in [-0.2, -0.15) is 0 Å². The molecule has 126 valence electrons. The first-order valence-corrected chi connectivity index (χ1v) is 8.61. The Kier molecular flexibility index (Phi) is 4.06. The zero-order valence-corrected chi connectivity index (χ0v) is 13.5. The third kappa shape index (κ3) is 2.82. The Labute approximate surface area is 139 Å². The van der Waals surface area contributed by atoms with E-state index in [4.69, 9.17) is 4.74 Å². The van der Waals surface area contributed by atoms with Crippen molar-refractivity contribution in [3.63, 3.8) is 0 Å². The topological polar surface area (TPSA) is 75.3 Å². The van der Waals surface area contributed by atoms with E-state index in [-0.39, 0.29) is 23.5 Å². The third-order valence-corrected chi connectivity index (χ3v) is 5.00. The van der Waals surface area contributed by atoms with Crippen LogP contribution in [0.1, 0.15) is 37.3 Å². The molecule has 2 aromatic rings.